The van der Waals surface area contributed by atoms with E-state index in [1.54, 1.807) is 13.1 Å². The van der Waals surface area contributed by atoms with Crippen molar-refractivity contribution in [2.45, 2.75) is 25.9 Å². The first-order valence-electron chi connectivity index (χ1n) is 13.5. The number of aromatic nitrogens is 4. The summed E-state index contributed by atoms with van der Waals surface area (Å²) in [4.78, 5) is 61.9. The van der Waals surface area contributed by atoms with Crippen LogP contribution < -0.4 is 21.0 Å². The summed E-state index contributed by atoms with van der Waals surface area (Å²) in [5, 5.41) is 0. The van der Waals surface area contributed by atoms with Gasteiger partial charge < -0.3 is 4.90 Å². The number of rotatable bonds is 5. The molecule has 0 aliphatic carbocycles. The zero-order valence-electron chi connectivity index (χ0n) is 23.1. The molecule has 2 fully saturated rings. The highest BCUT2D eigenvalue weighted by molar-refractivity contribution is 6.22. The standard InChI is InChI=1S/C29H30FN7O4/c1-18-6-4-7-19(14-18)17-36-24-25(32(2)29(41)33(3)27(24)40)31-28(36)35-12-10-34(11-13-35)22-16-23(38)37(26(22)39)21-9-5-8-20(30)15-21/h4-9,14-15,22H,10-13,16-17H2,1-3H3. The van der Waals surface area contributed by atoms with Gasteiger partial charge in [0.05, 0.1) is 24.7 Å². The van der Waals surface area contributed by atoms with E-state index in [1.165, 1.54) is 29.8 Å². The number of benzene rings is 2. The first kappa shape index (κ1) is 26.6. The molecular weight excluding hydrogens is 529 g/mol. The summed E-state index contributed by atoms with van der Waals surface area (Å²) in [6.45, 7) is 4.32. The third-order valence-electron chi connectivity index (χ3n) is 7.98. The largest absolute Gasteiger partial charge is 0.340 e. The molecule has 4 heterocycles. The number of carbonyl (C=O) groups excluding carboxylic acids is 2. The van der Waals surface area contributed by atoms with Crippen LogP contribution in [-0.4, -0.2) is 67.6 Å². The van der Waals surface area contributed by atoms with Gasteiger partial charge >= 0.3 is 5.69 Å². The number of amides is 2. The maximum atomic E-state index is 13.8. The Bertz CT molecular complexity index is 1820. The Labute approximate surface area is 234 Å². The van der Waals surface area contributed by atoms with E-state index in [0.717, 1.165) is 20.6 Å². The highest BCUT2D eigenvalue weighted by Crippen LogP contribution is 2.28. The second-order valence-corrected chi connectivity index (χ2v) is 10.7. The lowest BCUT2D eigenvalue weighted by molar-refractivity contribution is -0.123. The van der Waals surface area contributed by atoms with Crippen molar-refractivity contribution in [2.75, 3.05) is 36.0 Å². The number of anilines is 2. The van der Waals surface area contributed by atoms with E-state index in [0.29, 0.717) is 49.8 Å². The fraction of sp³-hybridized carbons (Fsp3) is 0.345. The van der Waals surface area contributed by atoms with Crippen LogP contribution in [0.2, 0.25) is 0 Å². The zero-order chi connectivity index (χ0) is 29.0. The van der Waals surface area contributed by atoms with Crippen molar-refractivity contribution in [1.82, 2.24) is 23.6 Å². The molecule has 41 heavy (non-hydrogen) atoms. The Morgan fingerprint density at radius 3 is 2.37 bits per heavy atom. The Balaban J connectivity index is 1.30. The smallest absolute Gasteiger partial charge is 0.332 e. The lowest BCUT2D eigenvalue weighted by atomic mass is 10.1. The van der Waals surface area contributed by atoms with Gasteiger partial charge in [0.25, 0.3) is 11.5 Å². The molecule has 2 aromatic carbocycles. The minimum absolute atomic E-state index is 0.0272. The molecule has 2 saturated heterocycles. The number of piperazine rings is 1. The molecule has 6 rings (SSSR count). The molecule has 212 valence electrons. The van der Waals surface area contributed by atoms with Crippen molar-refractivity contribution in [1.29, 1.82) is 0 Å². The van der Waals surface area contributed by atoms with Gasteiger partial charge in [-0.2, -0.15) is 4.98 Å². The summed E-state index contributed by atoms with van der Waals surface area (Å²) >= 11 is 0. The maximum Gasteiger partial charge on any atom is 0.332 e. The SMILES string of the molecule is Cc1cccc(Cn2c(N3CCN(C4CC(=O)N(c5cccc(F)c5)C4=O)CC3)nc3c2c(=O)n(C)c(=O)n3C)c1. The molecule has 4 aromatic rings. The highest BCUT2D eigenvalue weighted by Gasteiger charge is 2.43. The predicted molar refractivity (Wildman–Crippen MR) is 152 cm³/mol. The molecule has 2 amide bonds. The summed E-state index contributed by atoms with van der Waals surface area (Å²) in [6.07, 6.45) is 0.0272. The number of imidazole rings is 1. The van der Waals surface area contributed by atoms with E-state index in [1.807, 2.05) is 45.6 Å². The monoisotopic (exact) mass is 559 g/mol. The number of halogens is 1. The van der Waals surface area contributed by atoms with Gasteiger partial charge in [0, 0.05) is 40.3 Å². The number of carbonyl (C=O) groups is 2. The molecule has 2 aliphatic heterocycles. The van der Waals surface area contributed by atoms with E-state index < -0.39 is 23.1 Å². The van der Waals surface area contributed by atoms with Crippen LogP contribution in [0.1, 0.15) is 17.5 Å². The first-order chi connectivity index (χ1) is 19.6. The quantitative estimate of drug-likeness (QED) is 0.340. The summed E-state index contributed by atoms with van der Waals surface area (Å²) in [7, 11) is 3.06. The molecule has 12 heteroatoms. The molecule has 1 unspecified atom stereocenters. The van der Waals surface area contributed by atoms with E-state index >= 15 is 0 Å². The van der Waals surface area contributed by atoms with Crippen LogP contribution in [0.3, 0.4) is 0 Å². The van der Waals surface area contributed by atoms with E-state index in [-0.39, 0.29) is 23.9 Å². The minimum atomic E-state index is -0.632. The van der Waals surface area contributed by atoms with Gasteiger partial charge in [0.2, 0.25) is 11.9 Å². The van der Waals surface area contributed by atoms with E-state index in [4.69, 9.17) is 4.98 Å². The Morgan fingerprint density at radius 1 is 0.927 bits per heavy atom. The van der Waals surface area contributed by atoms with Crippen LogP contribution in [0, 0.1) is 12.7 Å². The number of hydrogen-bond donors (Lipinski definition) is 0. The van der Waals surface area contributed by atoms with Gasteiger partial charge in [-0.15, -0.1) is 0 Å². The lowest BCUT2D eigenvalue weighted by Gasteiger charge is -2.37. The van der Waals surface area contributed by atoms with Crippen LogP contribution in [0.4, 0.5) is 16.0 Å². The van der Waals surface area contributed by atoms with Crippen molar-refractivity contribution >= 4 is 34.6 Å². The summed E-state index contributed by atoms with van der Waals surface area (Å²) in [6, 6.07) is 12.8. The maximum absolute atomic E-state index is 13.8. The Hall–Kier alpha value is -4.58. The van der Waals surface area contributed by atoms with Crippen LogP contribution in [0.15, 0.2) is 58.1 Å². The van der Waals surface area contributed by atoms with Crippen LogP contribution >= 0.6 is 0 Å². The third-order valence-corrected chi connectivity index (χ3v) is 7.98. The normalized spacial score (nSPS) is 18.2. The summed E-state index contributed by atoms with van der Waals surface area (Å²) in [5.74, 6) is -0.667. The Morgan fingerprint density at radius 2 is 1.66 bits per heavy atom. The summed E-state index contributed by atoms with van der Waals surface area (Å²) in [5.41, 5.74) is 2.10. The lowest BCUT2D eigenvalue weighted by Crippen LogP contribution is -2.53. The molecular formula is C29H30FN7O4. The van der Waals surface area contributed by atoms with Gasteiger partial charge in [0.1, 0.15) is 5.82 Å². The number of fused-ring (bicyclic) bond motifs is 1. The van der Waals surface area contributed by atoms with Crippen LogP contribution in [-0.2, 0) is 30.2 Å². The van der Waals surface area contributed by atoms with Gasteiger partial charge in [-0.1, -0.05) is 35.9 Å². The third kappa shape index (κ3) is 4.53. The molecule has 0 N–H and O–H groups in total. The van der Waals surface area contributed by atoms with Gasteiger partial charge in [-0.05, 0) is 30.7 Å². The van der Waals surface area contributed by atoms with Crippen molar-refractivity contribution in [3.8, 4) is 0 Å². The van der Waals surface area contributed by atoms with Crippen molar-refractivity contribution in [3.63, 3.8) is 0 Å². The Kier molecular flexibility index (Phi) is 6.57. The molecule has 1 atom stereocenters. The fourth-order valence-electron chi connectivity index (χ4n) is 5.84. The van der Waals surface area contributed by atoms with Gasteiger partial charge in [-0.25, -0.2) is 14.1 Å². The van der Waals surface area contributed by atoms with Gasteiger partial charge in [-0.3, -0.25) is 33.0 Å². The van der Waals surface area contributed by atoms with E-state index in [2.05, 4.69) is 0 Å². The molecule has 0 bridgehead atoms. The fourth-order valence-corrected chi connectivity index (χ4v) is 5.84. The second-order valence-electron chi connectivity index (χ2n) is 10.7. The minimum Gasteiger partial charge on any atom is -0.340 e. The zero-order valence-corrected chi connectivity index (χ0v) is 23.1. The van der Waals surface area contributed by atoms with Crippen molar-refractivity contribution in [3.05, 3.63) is 86.3 Å². The highest BCUT2D eigenvalue weighted by atomic mass is 19.1. The average Bonchev–Trinajstić information content (AvgIpc) is 3.47. The molecule has 0 saturated carbocycles. The van der Waals surface area contributed by atoms with Crippen molar-refractivity contribution < 1.29 is 14.0 Å². The molecule has 2 aliphatic rings. The number of nitrogens with zero attached hydrogens (tertiary/aromatic N) is 7. The second kappa shape index (κ2) is 10.1. The molecule has 2 aromatic heterocycles. The van der Waals surface area contributed by atoms with E-state index in [9.17, 15) is 23.6 Å². The number of imide groups is 1. The number of hydrogen-bond acceptors (Lipinski definition) is 7. The molecule has 0 radical (unpaired) electrons. The average molecular weight is 560 g/mol. The predicted octanol–water partition coefficient (Wildman–Crippen LogP) is 1.38. The molecule has 11 nitrogen and oxygen atoms in total. The van der Waals surface area contributed by atoms with Crippen LogP contribution in [0.25, 0.3) is 11.2 Å². The topological polar surface area (TPSA) is 106 Å². The number of aryl methyl sites for hydroxylation is 2. The van der Waals surface area contributed by atoms with Crippen molar-refractivity contribution in [2.24, 2.45) is 14.1 Å². The first-order valence-corrected chi connectivity index (χ1v) is 13.5. The molecule has 0 spiro atoms. The van der Waals surface area contributed by atoms with Gasteiger partial charge in [0.15, 0.2) is 11.2 Å². The summed E-state index contributed by atoms with van der Waals surface area (Å²) < 4.78 is 18.1. The van der Waals surface area contributed by atoms with Crippen LogP contribution in [0.5, 0.6) is 0 Å².